The Kier molecular flexibility index (Phi) is 7.82. The maximum atomic E-state index is 12.4. The van der Waals surface area contributed by atoms with Crippen LogP contribution in [0.1, 0.15) is 24.2 Å². The van der Waals surface area contributed by atoms with Crippen LogP contribution >= 0.6 is 12.2 Å². The van der Waals surface area contributed by atoms with E-state index in [9.17, 15) is 4.79 Å². The van der Waals surface area contributed by atoms with Crippen LogP contribution in [0.5, 0.6) is 11.5 Å². The van der Waals surface area contributed by atoms with Gasteiger partial charge in [-0.3, -0.25) is 10.1 Å². The first-order valence-electron chi connectivity index (χ1n) is 8.67. The van der Waals surface area contributed by atoms with Crippen molar-refractivity contribution in [3.8, 4) is 11.5 Å². The molecule has 0 radical (unpaired) electrons. The zero-order valence-electron chi connectivity index (χ0n) is 15.5. The lowest BCUT2D eigenvalue weighted by Gasteiger charge is -2.12. The molecule has 1 amide bonds. The minimum absolute atomic E-state index is 0.216. The Morgan fingerprint density at radius 2 is 1.89 bits per heavy atom. The molecule has 0 aliphatic rings. The summed E-state index contributed by atoms with van der Waals surface area (Å²) in [5, 5.41) is 5.86. The summed E-state index contributed by atoms with van der Waals surface area (Å²) in [6, 6.07) is 14.3. The molecule has 2 aromatic carbocycles. The van der Waals surface area contributed by atoms with Crippen LogP contribution in [-0.2, 0) is 0 Å². The fraction of sp³-hybridized carbons (Fsp3) is 0.238. The summed E-state index contributed by atoms with van der Waals surface area (Å²) in [5.74, 6) is 1.50. The van der Waals surface area contributed by atoms with Crippen LogP contribution in [0.4, 0.5) is 5.69 Å². The van der Waals surface area contributed by atoms with Crippen molar-refractivity contribution in [3.05, 3.63) is 66.7 Å². The van der Waals surface area contributed by atoms with Crippen molar-refractivity contribution >= 4 is 28.9 Å². The lowest BCUT2D eigenvalue weighted by Crippen LogP contribution is -2.34. The van der Waals surface area contributed by atoms with Gasteiger partial charge in [-0.15, -0.1) is 0 Å². The van der Waals surface area contributed by atoms with Gasteiger partial charge in [-0.05, 0) is 60.6 Å². The van der Waals surface area contributed by atoms with Gasteiger partial charge < -0.3 is 14.8 Å². The van der Waals surface area contributed by atoms with E-state index in [1.807, 2.05) is 30.3 Å². The molecule has 0 heterocycles. The normalized spacial score (nSPS) is 10.2. The summed E-state index contributed by atoms with van der Waals surface area (Å²) in [7, 11) is 0. The summed E-state index contributed by atoms with van der Waals surface area (Å²) in [4.78, 5) is 12.4. The summed E-state index contributed by atoms with van der Waals surface area (Å²) >= 11 is 5.21. The van der Waals surface area contributed by atoms with Gasteiger partial charge in [0.25, 0.3) is 5.91 Å². The quantitative estimate of drug-likeness (QED) is 0.521. The molecular weight excluding hydrogens is 360 g/mol. The van der Waals surface area contributed by atoms with E-state index in [1.54, 1.807) is 24.3 Å². The SMILES string of the molecule is C=CCOc1ccc(NC(=S)NC(=O)c2cccc(OCC(C)C)c2)cc1. The third-order valence-electron chi connectivity index (χ3n) is 3.39. The van der Waals surface area contributed by atoms with E-state index < -0.39 is 0 Å². The van der Waals surface area contributed by atoms with E-state index in [4.69, 9.17) is 21.7 Å². The smallest absolute Gasteiger partial charge is 0.257 e. The first-order chi connectivity index (χ1) is 13.0. The third kappa shape index (κ3) is 7.11. The van der Waals surface area contributed by atoms with Crippen molar-refractivity contribution in [1.29, 1.82) is 0 Å². The molecule has 0 spiro atoms. The molecule has 5 nitrogen and oxygen atoms in total. The number of nitrogens with one attached hydrogen (secondary N) is 2. The van der Waals surface area contributed by atoms with Gasteiger partial charge in [0.05, 0.1) is 6.61 Å². The largest absolute Gasteiger partial charge is 0.493 e. The van der Waals surface area contributed by atoms with Crippen LogP contribution < -0.4 is 20.1 Å². The molecule has 27 heavy (non-hydrogen) atoms. The first-order valence-corrected chi connectivity index (χ1v) is 9.07. The predicted octanol–water partition coefficient (Wildman–Crippen LogP) is 4.41. The second kappa shape index (κ2) is 10.3. The molecule has 2 N–H and O–H groups in total. The molecule has 0 saturated carbocycles. The molecule has 0 saturated heterocycles. The molecule has 0 aliphatic heterocycles. The minimum Gasteiger partial charge on any atom is -0.493 e. The van der Waals surface area contributed by atoms with Crippen LogP contribution in [0, 0.1) is 5.92 Å². The Bertz CT molecular complexity index is 788. The van der Waals surface area contributed by atoms with E-state index in [-0.39, 0.29) is 11.0 Å². The predicted molar refractivity (Wildman–Crippen MR) is 113 cm³/mol. The van der Waals surface area contributed by atoms with Crippen LogP contribution in [0.2, 0.25) is 0 Å². The molecule has 0 fully saturated rings. The van der Waals surface area contributed by atoms with Gasteiger partial charge in [-0.2, -0.15) is 0 Å². The van der Waals surface area contributed by atoms with Crippen LogP contribution in [0.3, 0.4) is 0 Å². The molecule has 0 aromatic heterocycles. The van der Waals surface area contributed by atoms with Crippen LogP contribution in [0.25, 0.3) is 0 Å². The van der Waals surface area contributed by atoms with E-state index in [2.05, 4.69) is 31.1 Å². The minimum atomic E-state index is -0.298. The fourth-order valence-electron chi connectivity index (χ4n) is 2.12. The average molecular weight is 385 g/mol. The van der Waals surface area contributed by atoms with Gasteiger partial charge in [0.15, 0.2) is 5.11 Å². The Morgan fingerprint density at radius 3 is 2.56 bits per heavy atom. The van der Waals surface area contributed by atoms with Crippen molar-refractivity contribution in [2.75, 3.05) is 18.5 Å². The monoisotopic (exact) mass is 384 g/mol. The number of ether oxygens (including phenoxy) is 2. The highest BCUT2D eigenvalue weighted by molar-refractivity contribution is 7.80. The van der Waals surface area contributed by atoms with Crippen molar-refractivity contribution in [1.82, 2.24) is 5.32 Å². The van der Waals surface area contributed by atoms with E-state index in [0.717, 1.165) is 11.4 Å². The van der Waals surface area contributed by atoms with Crippen molar-refractivity contribution in [2.24, 2.45) is 5.92 Å². The van der Waals surface area contributed by atoms with Gasteiger partial charge in [-0.25, -0.2) is 0 Å². The van der Waals surface area contributed by atoms with Gasteiger partial charge in [0.2, 0.25) is 0 Å². The lowest BCUT2D eigenvalue weighted by molar-refractivity contribution is 0.0977. The molecule has 2 rings (SSSR count). The van der Waals surface area contributed by atoms with E-state index in [1.165, 1.54) is 0 Å². The number of amides is 1. The third-order valence-corrected chi connectivity index (χ3v) is 3.59. The molecule has 0 unspecified atom stereocenters. The van der Waals surface area contributed by atoms with E-state index >= 15 is 0 Å². The fourth-order valence-corrected chi connectivity index (χ4v) is 2.33. The Labute approximate surface area is 165 Å². The van der Waals surface area contributed by atoms with Gasteiger partial charge in [0, 0.05) is 11.3 Å². The molecule has 0 atom stereocenters. The lowest BCUT2D eigenvalue weighted by atomic mass is 10.2. The Hall–Kier alpha value is -2.86. The highest BCUT2D eigenvalue weighted by Crippen LogP contribution is 2.16. The average Bonchev–Trinajstić information content (AvgIpc) is 2.66. The number of carbonyl (C=O) groups is 1. The zero-order chi connectivity index (χ0) is 19.6. The molecule has 6 heteroatoms. The van der Waals surface area contributed by atoms with Crippen molar-refractivity contribution in [2.45, 2.75) is 13.8 Å². The number of carbonyl (C=O) groups excluding carboxylic acids is 1. The highest BCUT2D eigenvalue weighted by atomic mass is 32.1. The number of rotatable bonds is 8. The zero-order valence-corrected chi connectivity index (χ0v) is 16.3. The standard InChI is InChI=1S/C21H24N2O3S/c1-4-12-25-18-10-8-17(9-11-18)22-21(27)23-20(24)16-6-5-7-19(13-16)26-14-15(2)3/h4-11,13,15H,1,12,14H2,2-3H3,(H2,22,23,24,27). The number of hydrogen-bond acceptors (Lipinski definition) is 4. The summed E-state index contributed by atoms with van der Waals surface area (Å²) in [5.41, 5.74) is 1.23. The second-order valence-corrected chi connectivity index (χ2v) is 6.67. The maximum absolute atomic E-state index is 12.4. The van der Waals surface area contributed by atoms with Crippen molar-refractivity contribution in [3.63, 3.8) is 0 Å². The Morgan fingerprint density at radius 1 is 1.15 bits per heavy atom. The van der Waals surface area contributed by atoms with Gasteiger partial charge >= 0.3 is 0 Å². The number of benzene rings is 2. The second-order valence-electron chi connectivity index (χ2n) is 6.26. The highest BCUT2D eigenvalue weighted by Gasteiger charge is 2.09. The summed E-state index contributed by atoms with van der Waals surface area (Å²) < 4.78 is 11.1. The van der Waals surface area contributed by atoms with Gasteiger partial charge in [-0.1, -0.05) is 32.6 Å². The summed E-state index contributed by atoms with van der Waals surface area (Å²) in [6.45, 7) is 8.78. The van der Waals surface area contributed by atoms with Crippen molar-refractivity contribution < 1.29 is 14.3 Å². The summed E-state index contributed by atoms with van der Waals surface area (Å²) in [6.07, 6.45) is 1.68. The molecular formula is C21H24N2O3S. The molecule has 2 aromatic rings. The number of thiocarbonyl (C=S) groups is 1. The molecule has 142 valence electrons. The van der Waals surface area contributed by atoms with Gasteiger partial charge in [0.1, 0.15) is 18.1 Å². The van der Waals surface area contributed by atoms with Crippen LogP contribution in [0.15, 0.2) is 61.2 Å². The molecule has 0 bridgehead atoms. The topological polar surface area (TPSA) is 59.6 Å². The Balaban J connectivity index is 1.90. The maximum Gasteiger partial charge on any atom is 0.257 e. The van der Waals surface area contributed by atoms with E-state index in [0.29, 0.717) is 30.4 Å². The molecule has 0 aliphatic carbocycles. The number of hydrogen-bond donors (Lipinski definition) is 2. The first kappa shape index (κ1) is 20.5. The number of anilines is 1. The van der Waals surface area contributed by atoms with Crippen LogP contribution in [-0.4, -0.2) is 24.2 Å².